The molecule has 0 spiro atoms. The third-order valence-electron chi connectivity index (χ3n) is 2.32. The predicted octanol–water partition coefficient (Wildman–Crippen LogP) is 1.68. The molecule has 1 heterocycles. The van der Waals surface area contributed by atoms with Crippen LogP contribution in [0.15, 0.2) is 30.3 Å². The Morgan fingerprint density at radius 2 is 2.06 bits per heavy atom. The smallest absolute Gasteiger partial charge is 0.257 e. The van der Waals surface area contributed by atoms with Crippen molar-refractivity contribution >= 4 is 22.4 Å². The molecule has 0 radical (unpaired) electrons. The highest BCUT2D eigenvalue weighted by Gasteiger charge is 2.09. The molecule has 6 heteroatoms. The monoisotopic (exact) mass is 262 g/mol. The van der Waals surface area contributed by atoms with E-state index in [1.165, 1.54) is 11.3 Å². The molecule has 94 valence electrons. The van der Waals surface area contributed by atoms with Crippen LogP contribution in [0.5, 0.6) is 0 Å². The van der Waals surface area contributed by atoms with Gasteiger partial charge in [0.2, 0.25) is 5.13 Å². The summed E-state index contributed by atoms with van der Waals surface area (Å²) in [6.07, 6.45) is 1.68. The Kier molecular flexibility index (Phi) is 4.38. The number of nitrogens with zero attached hydrogens (tertiary/aromatic N) is 2. The summed E-state index contributed by atoms with van der Waals surface area (Å²) in [5, 5.41) is 12.1. The summed E-state index contributed by atoms with van der Waals surface area (Å²) in [6, 6.07) is 9.02. The first-order chi connectivity index (χ1) is 8.79. The fourth-order valence-electron chi connectivity index (χ4n) is 1.42. The number of rotatable bonds is 5. The van der Waals surface area contributed by atoms with Gasteiger partial charge in [-0.3, -0.25) is 10.1 Å². The van der Waals surface area contributed by atoms with Gasteiger partial charge in [0.05, 0.1) is 0 Å². The zero-order valence-corrected chi connectivity index (χ0v) is 10.6. The van der Waals surface area contributed by atoms with E-state index in [4.69, 9.17) is 5.73 Å². The van der Waals surface area contributed by atoms with Crippen molar-refractivity contribution < 1.29 is 4.79 Å². The fourth-order valence-corrected chi connectivity index (χ4v) is 2.19. The van der Waals surface area contributed by atoms with Crippen LogP contribution in [0.3, 0.4) is 0 Å². The van der Waals surface area contributed by atoms with E-state index in [2.05, 4.69) is 15.5 Å². The van der Waals surface area contributed by atoms with Crippen molar-refractivity contribution in [2.75, 3.05) is 11.9 Å². The number of nitrogens with one attached hydrogen (secondary N) is 1. The van der Waals surface area contributed by atoms with Crippen LogP contribution in [-0.4, -0.2) is 22.6 Å². The van der Waals surface area contributed by atoms with Gasteiger partial charge in [0.25, 0.3) is 5.91 Å². The second kappa shape index (κ2) is 6.23. The second-order valence-corrected chi connectivity index (χ2v) is 4.78. The van der Waals surface area contributed by atoms with Crippen LogP contribution >= 0.6 is 11.3 Å². The Balaban J connectivity index is 1.97. The topological polar surface area (TPSA) is 80.9 Å². The van der Waals surface area contributed by atoms with Crippen molar-refractivity contribution in [1.82, 2.24) is 10.2 Å². The number of anilines is 1. The Morgan fingerprint density at radius 1 is 1.28 bits per heavy atom. The van der Waals surface area contributed by atoms with Gasteiger partial charge in [0, 0.05) is 12.0 Å². The molecule has 1 amide bonds. The molecule has 0 saturated heterocycles. The zero-order valence-electron chi connectivity index (χ0n) is 9.80. The molecule has 0 aliphatic heterocycles. The van der Waals surface area contributed by atoms with Crippen molar-refractivity contribution in [2.45, 2.75) is 12.8 Å². The molecule has 0 bridgehead atoms. The summed E-state index contributed by atoms with van der Waals surface area (Å²) in [6.45, 7) is 0.630. The maximum atomic E-state index is 11.8. The van der Waals surface area contributed by atoms with Crippen LogP contribution in [-0.2, 0) is 6.42 Å². The van der Waals surface area contributed by atoms with Crippen LogP contribution in [0, 0.1) is 0 Å². The van der Waals surface area contributed by atoms with Gasteiger partial charge in [-0.1, -0.05) is 29.5 Å². The molecule has 3 N–H and O–H groups in total. The minimum atomic E-state index is -0.169. The van der Waals surface area contributed by atoms with Gasteiger partial charge < -0.3 is 5.73 Å². The molecule has 2 aromatic rings. The molecule has 0 atom stereocenters. The molecular weight excluding hydrogens is 248 g/mol. The molecule has 2 rings (SSSR count). The number of amides is 1. The lowest BCUT2D eigenvalue weighted by molar-refractivity contribution is 0.102. The van der Waals surface area contributed by atoms with E-state index < -0.39 is 0 Å². The maximum Gasteiger partial charge on any atom is 0.257 e. The average Bonchev–Trinajstić information content (AvgIpc) is 2.85. The van der Waals surface area contributed by atoms with E-state index in [-0.39, 0.29) is 5.91 Å². The minimum absolute atomic E-state index is 0.169. The van der Waals surface area contributed by atoms with Gasteiger partial charge >= 0.3 is 0 Å². The Labute approximate surface area is 109 Å². The largest absolute Gasteiger partial charge is 0.330 e. The number of aryl methyl sites for hydroxylation is 1. The summed E-state index contributed by atoms with van der Waals surface area (Å²) in [5.74, 6) is -0.169. The third kappa shape index (κ3) is 3.35. The Bertz CT molecular complexity index is 512. The average molecular weight is 262 g/mol. The van der Waals surface area contributed by atoms with Crippen LogP contribution in [0.2, 0.25) is 0 Å². The van der Waals surface area contributed by atoms with Gasteiger partial charge in [0.1, 0.15) is 5.01 Å². The number of carbonyl (C=O) groups excluding carboxylic acids is 1. The summed E-state index contributed by atoms with van der Waals surface area (Å²) < 4.78 is 0. The molecular formula is C12H14N4OS. The Morgan fingerprint density at radius 3 is 2.78 bits per heavy atom. The first kappa shape index (κ1) is 12.7. The van der Waals surface area contributed by atoms with Gasteiger partial charge in [-0.2, -0.15) is 0 Å². The fraction of sp³-hybridized carbons (Fsp3) is 0.250. The van der Waals surface area contributed by atoms with E-state index in [1.54, 1.807) is 12.1 Å². The number of benzene rings is 1. The first-order valence-electron chi connectivity index (χ1n) is 5.68. The molecule has 0 saturated carbocycles. The normalized spacial score (nSPS) is 10.3. The highest BCUT2D eigenvalue weighted by Crippen LogP contribution is 2.17. The van der Waals surface area contributed by atoms with Crippen molar-refractivity contribution in [3.8, 4) is 0 Å². The summed E-state index contributed by atoms with van der Waals surface area (Å²) in [7, 11) is 0. The zero-order chi connectivity index (χ0) is 12.8. The highest BCUT2D eigenvalue weighted by atomic mass is 32.1. The van der Waals surface area contributed by atoms with E-state index in [0.29, 0.717) is 17.2 Å². The lowest BCUT2D eigenvalue weighted by Crippen LogP contribution is -2.11. The molecule has 0 aliphatic carbocycles. The lowest BCUT2D eigenvalue weighted by Gasteiger charge is -1.99. The molecule has 0 fully saturated rings. The Hall–Kier alpha value is -1.79. The van der Waals surface area contributed by atoms with E-state index in [0.717, 1.165) is 17.8 Å². The van der Waals surface area contributed by atoms with Crippen LogP contribution in [0.1, 0.15) is 21.8 Å². The molecule has 1 aromatic carbocycles. The second-order valence-electron chi connectivity index (χ2n) is 3.71. The van der Waals surface area contributed by atoms with Gasteiger partial charge in [-0.25, -0.2) is 0 Å². The highest BCUT2D eigenvalue weighted by molar-refractivity contribution is 7.15. The first-order valence-corrected chi connectivity index (χ1v) is 6.50. The summed E-state index contributed by atoms with van der Waals surface area (Å²) in [5.41, 5.74) is 6.03. The van der Waals surface area contributed by atoms with Crippen molar-refractivity contribution in [2.24, 2.45) is 5.73 Å². The predicted molar refractivity (Wildman–Crippen MR) is 71.7 cm³/mol. The van der Waals surface area contributed by atoms with Crippen LogP contribution < -0.4 is 11.1 Å². The minimum Gasteiger partial charge on any atom is -0.330 e. The maximum absolute atomic E-state index is 11.8. The number of nitrogens with two attached hydrogens (primary N) is 1. The molecule has 0 unspecified atom stereocenters. The molecule has 1 aromatic heterocycles. The SMILES string of the molecule is NCCCc1nnc(NC(=O)c2ccccc2)s1. The summed E-state index contributed by atoms with van der Waals surface area (Å²) in [4.78, 5) is 11.8. The van der Waals surface area contributed by atoms with E-state index >= 15 is 0 Å². The van der Waals surface area contributed by atoms with Crippen molar-refractivity contribution in [1.29, 1.82) is 0 Å². The molecule has 0 aliphatic rings. The van der Waals surface area contributed by atoms with Gasteiger partial charge in [-0.05, 0) is 25.1 Å². The van der Waals surface area contributed by atoms with Gasteiger partial charge in [0.15, 0.2) is 0 Å². The van der Waals surface area contributed by atoms with Crippen molar-refractivity contribution in [3.63, 3.8) is 0 Å². The standard InChI is InChI=1S/C12H14N4OS/c13-8-4-7-10-15-16-12(18-10)14-11(17)9-5-2-1-3-6-9/h1-3,5-6H,4,7-8,13H2,(H,14,16,17). The number of hydrogen-bond donors (Lipinski definition) is 2. The number of aromatic nitrogens is 2. The van der Waals surface area contributed by atoms with Crippen LogP contribution in [0.4, 0.5) is 5.13 Å². The van der Waals surface area contributed by atoms with E-state index in [1.807, 2.05) is 18.2 Å². The quantitative estimate of drug-likeness (QED) is 0.859. The third-order valence-corrected chi connectivity index (χ3v) is 3.22. The number of carbonyl (C=O) groups is 1. The molecule has 18 heavy (non-hydrogen) atoms. The summed E-state index contributed by atoms with van der Waals surface area (Å²) >= 11 is 1.39. The lowest BCUT2D eigenvalue weighted by atomic mass is 10.2. The van der Waals surface area contributed by atoms with Crippen molar-refractivity contribution in [3.05, 3.63) is 40.9 Å². The van der Waals surface area contributed by atoms with E-state index in [9.17, 15) is 4.79 Å². The number of hydrogen-bond acceptors (Lipinski definition) is 5. The van der Waals surface area contributed by atoms with Crippen LogP contribution in [0.25, 0.3) is 0 Å². The molecule has 5 nitrogen and oxygen atoms in total. The van der Waals surface area contributed by atoms with Gasteiger partial charge in [-0.15, -0.1) is 10.2 Å².